The highest BCUT2D eigenvalue weighted by Crippen LogP contribution is 2.11. The van der Waals surface area contributed by atoms with Crippen LogP contribution in [0.2, 0.25) is 0 Å². The van der Waals surface area contributed by atoms with Crippen LogP contribution in [-0.2, 0) is 14.4 Å². The lowest BCUT2D eigenvalue weighted by molar-refractivity contribution is -0.205. The molecule has 0 atom stereocenters. The van der Waals surface area contributed by atoms with Crippen molar-refractivity contribution in [2.24, 2.45) is 0 Å². The lowest BCUT2D eigenvalue weighted by Gasteiger charge is -2.15. The van der Waals surface area contributed by atoms with Crippen LogP contribution < -0.4 is 0 Å². The predicted octanol–water partition coefficient (Wildman–Crippen LogP) is 0.0440. The van der Waals surface area contributed by atoms with Crippen molar-refractivity contribution >= 4 is 17.9 Å². The Balaban J connectivity index is 0. The second kappa shape index (κ2) is 10.0. The first-order valence-electron chi connectivity index (χ1n) is 5.45. The molecule has 19 heavy (non-hydrogen) atoms. The van der Waals surface area contributed by atoms with Gasteiger partial charge in [-0.2, -0.15) is 0 Å². The molecule has 0 fully saturated rings. The van der Waals surface area contributed by atoms with Crippen molar-refractivity contribution in [1.29, 1.82) is 0 Å². The van der Waals surface area contributed by atoms with Crippen molar-refractivity contribution in [3.05, 3.63) is 12.2 Å². The van der Waals surface area contributed by atoms with Gasteiger partial charge in [-0.05, 0) is 6.42 Å². The van der Waals surface area contributed by atoms with E-state index in [0.29, 0.717) is 18.6 Å². The molecule has 0 unspecified atom stereocenters. The summed E-state index contributed by atoms with van der Waals surface area (Å²) in [5, 5.41) is 41.4. The summed E-state index contributed by atoms with van der Waals surface area (Å²) < 4.78 is 0. The maximum absolute atomic E-state index is 10.1. The van der Waals surface area contributed by atoms with Crippen LogP contribution in [0, 0.1) is 0 Å². The van der Waals surface area contributed by atoms with Crippen LogP contribution in [0.4, 0.5) is 0 Å². The zero-order valence-electron chi connectivity index (χ0n) is 10.4. The Kier molecular flexibility index (Phi) is 10.3. The first kappa shape index (κ1) is 19.4. The molecule has 0 saturated carbocycles. The van der Waals surface area contributed by atoms with Gasteiger partial charge in [0, 0.05) is 18.6 Å². The molecular weight excluding hydrogens is 260 g/mol. The zero-order valence-corrected chi connectivity index (χ0v) is 10.4. The summed E-state index contributed by atoms with van der Waals surface area (Å²) in [6.45, 7) is 1.96. The summed E-state index contributed by atoms with van der Waals surface area (Å²) in [6.07, 6.45) is 3.28. The standard InChI is InChI=1S/C7H14O4.C4H4O4/c1-2-3-4-5-7(10,11)6(8)9;5-3(6)1-2-4(7)8/h10-11H,2-5H2,1H3,(H,8,9);1-2H,(H,5,6)(H,7,8)/b;2-1-. The molecule has 0 aliphatic carbocycles. The maximum atomic E-state index is 10.1. The first-order valence-corrected chi connectivity index (χ1v) is 5.45. The normalized spacial score (nSPS) is 10.7. The molecule has 0 saturated heterocycles. The zero-order chi connectivity index (χ0) is 15.5. The topological polar surface area (TPSA) is 152 Å². The van der Waals surface area contributed by atoms with Crippen LogP contribution in [0.15, 0.2) is 12.2 Å². The number of aliphatic carboxylic acids is 3. The van der Waals surface area contributed by atoms with Gasteiger partial charge in [-0.1, -0.05) is 19.8 Å². The van der Waals surface area contributed by atoms with Gasteiger partial charge in [0.1, 0.15) is 0 Å². The molecule has 0 heterocycles. The molecule has 0 aromatic carbocycles. The minimum absolute atomic E-state index is 0.101. The number of rotatable bonds is 7. The van der Waals surface area contributed by atoms with Gasteiger partial charge in [0.2, 0.25) is 0 Å². The van der Waals surface area contributed by atoms with E-state index < -0.39 is 23.7 Å². The number of unbranched alkanes of at least 4 members (excludes halogenated alkanes) is 2. The largest absolute Gasteiger partial charge is 0.478 e. The van der Waals surface area contributed by atoms with E-state index in [4.69, 9.17) is 25.5 Å². The van der Waals surface area contributed by atoms with E-state index in [-0.39, 0.29) is 6.42 Å². The number of aliphatic hydroxyl groups is 2. The maximum Gasteiger partial charge on any atom is 0.364 e. The Bertz CT molecular complexity index is 316. The Morgan fingerprint density at radius 3 is 1.63 bits per heavy atom. The van der Waals surface area contributed by atoms with Gasteiger partial charge >= 0.3 is 17.9 Å². The fourth-order valence-corrected chi connectivity index (χ4v) is 0.871. The Morgan fingerprint density at radius 1 is 0.947 bits per heavy atom. The van der Waals surface area contributed by atoms with Gasteiger partial charge in [-0.15, -0.1) is 0 Å². The van der Waals surface area contributed by atoms with E-state index in [1.165, 1.54) is 0 Å². The molecule has 0 aliphatic heterocycles. The van der Waals surface area contributed by atoms with Crippen LogP contribution in [0.25, 0.3) is 0 Å². The molecule has 0 bridgehead atoms. The van der Waals surface area contributed by atoms with E-state index in [1.807, 2.05) is 6.92 Å². The van der Waals surface area contributed by atoms with Crippen LogP contribution in [0.3, 0.4) is 0 Å². The van der Waals surface area contributed by atoms with Crippen molar-refractivity contribution in [1.82, 2.24) is 0 Å². The fraction of sp³-hybridized carbons (Fsp3) is 0.545. The molecule has 0 spiro atoms. The average Bonchev–Trinajstić information content (AvgIpc) is 2.27. The molecule has 0 amide bonds. The van der Waals surface area contributed by atoms with Gasteiger partial charge < -0.3 is 25.5 Å². The number of hydrogen-bond donors (Lipinski definition) is 5. The molecule has 0 aromatic rings. The van der Waals surface area contributed by atoms with Gasteiger partial charge in [0.15, 0.2) is 0 Å². The summed E-state index contributed by atoms with van der Waals surface area (Å²) in [5.41, 5.74) is 0. The van der Waals surface area contributed by atoms with Gasteiger partial charge in [0.05, 0.1) is 0 Å². The molecule has 110 valence electrons. The third-order valence-electron chi connectivity index (χ3n) is 1.84. The van der Waals surface area contributed by atoms with Crippen molar-refractivity contribution in [3.63, 3.8) is 0 Å². The number of carboxylic acids is 3. The van der Waals surface area contributed by atoms with E-state index >= 15 is 0 Å². The second-order valence-electron chi connectivity index (χ2n) is 3.59. The highest BCUT2D eigenvalue weighted by Gasteiger charge is 2.31. The van der Waals surface area contributed by atoms with Crippen molar-refractivity contribution in [2.75, 3.05) is 0 Å². The third kappa shape index (κ3) is 14.0. The van der Waals surface area contributed by atoms with E-state index in [1.54, 1.807) is 0 Å². The minimum Gasteiger partial charge on any atom is -0.478 e. The highest BCUT2D eigenvalue weighted by molar-refractivity contribution is 5.89. The Labute approximate surface area is 109 Å². The summed E-state index contributed by atoms with van der Waals surface area (Å²) in [6, 6.07) is 0. The highest BCUT2D eigenvalue weighted by atomic mass is 16.5. The molecule has 0 aliphatic rings. The first-order chi connectivity index (χ1) is 8.63. The predicted molar refractivity (Wildman–Crippen MR) is 63.4 cm³/mol. The summed E-state index contributed by atoms with van der Waals surface area (Å²) in [5.74, 6) is -6.62. The Morgan fingerprint density at radius 2 is 1.37 bits per heavy atom. The van der Waals surface area contributed by atoms with Crippen LogP contribution >= 0.6 is 0 Å². The molecule has 8 nitrogen and oxygen atoms in total. The molecular formula is C11H18O8. The number of hydrogen-bond acceptors (Lipinski definition) is 5. The third-order valence-corrected chi connectivity index (χ3v) is 1.84. The van der Waals surface area contributed by atoms with Crippen molar-refractivity contribution in [2.45, 2.75) is 38.4 Å². The van der Waals surface area contributed by atoms with Crippen LogP contribution in [-0.4, -0.2) is 49.2 Å². The molecule has 0 rings (SSSR count). The smallest absolute Gasteiger partial charge is 0.364 e. The van der Waals surface area contributed by atoms with Crippen LogP contribution in [0.1, 0.15) is 32.6 Å². The molecule has 0 aromatic heterocycles. The summed E-state index contributed by atoms with van der Waals surface area (Å²) >= 11 is 0. The number of carboxylic acid groups (broad SMARTS) is 3. The average molecular weight is 278 g/mol. The van der Waals surface area contributed by atoms with E-state index in [9.17, 15) is 14.4 Å². The lowest BCUT2D eigenvalue weighted by atomic mass is 10.1. The SMILES string of the molecule is CCCCCC(O)(O)C(=O)O.O=C(O)/C=C\C(=O)O. The van der Waals surface area contributed by atoms with Gasteiger partial charge in [0.25, 0.3) is 5.79 Å². The van der Waals surface area contributed by atoms with Crippen LogP contribution in [0.5, 0.6) is 0 Å². The second-order valence-corrected chi connectivity index (χ2v) is 3.59. The number of carbonyl (C=O) groups is 3. The molecule has 0 radical (unpaired) electrons. The monoisotopic (exact) mass is 278 g/mol. The quantitative estimate of drug-likeness (QED) is 0.248. The fourth-order valence-electron chi connectivity index (χ4n) is 0.871. The lowest BCUT2D eigenvalue weighted by Crippen LogP contribution is -2.37. The van der Waals surface area contributed by atoms with Crippen molar-refractivity contribution in [3.8, 4) is 0 Å². The molecule has 8 heteroatoms. The minimum atomic E-state index is -2.53. The Hall–Kier alpha value is -1.93. The summed E-state index contributed by atoms with van der Waals surface area (Å²) in [7, 11) is 0. The van der Waals surface area contributed by atoms with E-state index in [0.717, 1.165) is 12.8 Å². The van der Waals surface area contributed by atoms with Gasteiger partial charge in [-0.3, -0.25) is 0 Å². The van der Waals surface area contributed by atoms with E-state index in [2.05, 4.69) is 0 Å². The van der Waals surface area contributed by atoms with Gasteiger partial charge in [-0.25, -0.2) is 14.4 Å². The molecule has 5 N–H and O–H groups in total. The summed E-state index contributed by atoms with van der Waals surface area (Å²) in [4.78, 5) is 29.2. The van der Waals surface area contributed by atoms with Crippen molar-refractivity contribution < 1.29 is 39.9 Å².